The minimum absolute atomic E-state index is 0.0723. The van der Waals surface area contributed by atoms with E-state index >= 15 is 0 Å². The fourth-order valence-electron chi connectivity index (χ4n) is 2.51. The Morgan fingerprint density at radius 1 is 0.950 bits per heavy atom. The van der Waals surface area contributed by atoms with E-state index < -0.39 is 0 Å². The molecule has 2 heteroatoms. The van der Waals surface area contributed by atoms with E-state index in [4.69, 9.17) is 10.5 Å². The van der Waals surface area contributed by atoms with Crippen molar-refractivity contribution in [2.45, 2.75) is 39.8 Å². The maximum Gasteiger partial charge on any atom is 0.139 e. The van der Waals surface area contributed by atoms with Crippen LogP contribution in [0.2, 0.25) is 0 Å². The zero-order chi connectivity index (χ0) is 14.7. The first kappa shape index (κ1) is 14.6. The van der Waals surface area contributed by atoms with Gasteiger partial charge in [0, 0.05) is 6.04 Å². The molecule has 0 aliphatic rings. The highest BCUT2D eigenvalue weighted by Gasteiger charge is 2.20. The van der Waals surface area contributed by atoms with Crippen LogP contribution >= 0.6 is 0 Å². The van der Waals surface area contributed by atoms with Gasteiger partial charge in [-0.2, -0.15) is 0 Å². The third-order valence-corrected chi connectivity index (χ3v) is 3.43. The number of nitrogens with two attached hydrogens (primary N) is 1. The van der Waals surface area contributed by atoms with Gasteiger partial charge in [0.15, 0.2) is 0 Å². The van der Waals surface area contributed by atoms with E-state index in [-0.39, 0.29) is 12.1 Å². The molecule has 2 unspecified atom stereocenters. The molecule has 0 saturated heterocycles. The largest absolute Gasteiger partial charge is 0.484 e. The summed E-state index contributed by atoms with van der Waals surface area (Å²) in [5.41, 5.74) is 10.9. The molecule has 2 nitrogen and oxygen atoms in total. The second-order valence-corrected chi connectivity index (χ2v) is 5.58. The van der Waals surface area contributed by atoms with Crippen molar-refractivity contribution in [3.63, 3.8) is 0 Å². The van der Waals surface area contributed by atoms with Crippen LogP contribution in [0, 0.1) is 20.8 Å². The summed E-state index contributed by atoms with van der Waals surface area (Å²) in [6.45, 7) is 8.23. The van der Waals surface area contributed by atoms with Gasteiger partial charge in [0.25, 0.3) is 0 Å². The van der Waals surface area contributed by atoms with E-state index in [1.165, 1.54) is 16.7 Å². The van der Waals surface area contributed by atoms with Gasteiger partial charge in [-0.05, 0) is 62.1 Å². The van der Waals surface area contributed by atoms with Gasteiger partial charge in [0.05, 0.1) is 0 Å². The molecule has 0 amide bonds. The lowest BCUT2D eigenvalue weighted by molar-refractivity contribution is 0.179. The van der Waals surface area contributed by atoms with Crippen LogP contribution in [0.4, 0.5) is 0 Å². The predicted octanol–water partition coefficient (Wildman–Crippen LogP) is 4.08. The van der Waals surface area contributed by atoms with Crippen molar-refractivity contribution in [2.75, 3.05) is 0 Å². The maximum atomic E-state index is 6.18. The molecule has 2 aromatic rings. The fraction of sp³-hybridized carbons (Fsp3) is 0.333. The number of benzene rings is 2. The lowest BCUT2D eigenvalue weighted by atomic mass is 9.99. The molecule has 0 heterocycles. The second kappa shape index (κ2) is 6.10. The summed E-state index contributed by atoms with van der Waals surface area (Å²) in [6.07, 6.45) is -0.127. The highest BCUT2D eigenvalue weighted by Crippen LogP contribution is 2.27. The Bertz CT molecular complexity index is 569. The van der Waals surface area contributed by atoms with E-state index in [0.29, 0.717) is 0 Å². The van der Waals surface area contributed by atoms with E-state index in [0.717, 1.165) is 11.3 Å². The van der Waals surface area contributed by atoms with Gasteiger partial charge < -0.3 is 10.5 Å². The van der Waals surface area contributed by atoms with Crippen LogP contribution in [0.1, 0.15) is 35.3 Å². The summed E-state index contributed by atoms with van der Waals surface area (Å²) in [7, 11) is 0. The monoisotopic (exact) mass is 269 g/mol. The lowest BCUT2D eigenvalue weighted by Gasteiger charge is -2.25. The van der Waals surface area contributed by atoms with Crippen LogP contribution in [-0.2, 0) is 0 Å². The Balaban J connectivity index is 2.33. The number of hydrogen-bond donors (Lipinski definition) is 1. The molecule has 106 valence electrons. The highest BCUT2D eigenvalue weighted by molar-refractivity contribution is 5.35. The topological polar surface area (TPSA) is 35.2 Å². The van der Waals surface area contributed by atoms with Crippen molar-refractivity contribution < 1.29 is 4.74 Å². The molecule has 0 fully saturated rings. The average molecular weight is 269 g/mol. The number of ether oxygens (including phenoxy) is 1. The molecule has 0 aliphatic carbocycles. The lowest BCUT2D eigenvalue weighted by Crippen LogP contribution is -2.29. The van der Waals surface area contributed by atoms with Crippen molar-refractivity contribution in [1.29, 1.82) is 0 Å². The number of rotatable bonds is 4. The van der Waals surface area contributed by atoms with E-state index in [9.17, 15) is 0 Å². The highest BCUT2D eigenvalue weighted by atomic mass is 16.5. The van der Waals surface area contributed by atoms with Gasteiger partial charge in [0.1, 0.15) is 11.9 Å². The molecule has 20 heavy (non-hydrogen) atoms. The third-order valence-electron chi connectivity index (χ3n) is 3.43. The first-order valence-electron chi connectivity index (χ1n) is 7.03. The van der Waals surface area contributed by atoms with Gasteiger partial charge in [0.2, 0.25) is 0 Å². The Labute approximate surface area is 121 Å². The molecule has 0 saturated carbocycles. The van der Waals surface area contributed by atoms with E-state index in [1.54, 1.807) is 0 Å². The average Bonchev–Trinajstić information content (AvgIpc) is 2.35. The van der Waals surface area contributed by atoms with Gasteiger partial charge >= 0.3 is 0 Å². The molecule has 0 aromatic heterocycles. The first-order valence-corrected chi connectivity index (χ1v) is 7.03. The minimum atomic E-state index is -0.127. The Kier molecular flexibility index (Phi) is 4.46. The summed E-state index contributed by atoms with van der Waals surface area (Å²) >= 11 is 0. The smallest absolute Gasteiger partial charge is 0.139 e. The molecular weight excluding hydrogens is 246 g/mol. The standard InChI is InChI=1S/C18H23NO/c1-12-9-13(2)11-16(10-12)20-18(15(4)19)17-8-6-5-7-14(17)3/h5-11,15,18H,19H2,1-4H3. The van der Waals surface area contributed by atoms with Crippen LogP contribution in [0.25, 0.3) is 0 Å². The zero-order valence-electron chi connectivity index (χ0n) is 12.7. The van der Waals surface area contributed by atoms with Gasteiger partial charge in [-0.15, -0.1) is 0 Å². The van der Waals surface area contributed by atoms with E-state index in [1.807, 2.05) is 19.1 Å². The summed E-state index contributed by atoms with van der Waals surface area (Å²) in [5, 5.41) is 0. The normalized spacial score (nSPS) is 13.8. The molecule has 2 aromatic carbocycles. The quantitative estimate of drug-likeness (QED) is 0.907. The zero-order valence-corrected chi connectivity index (χ0v) is 12.7. The summed E-state index contributed by atoms with van der Waals surface area (Å²) < 4.78 is 6.18. The fourth-order valence-corrected chi connectivity index (χ4v) is 2.51. The first-order chi connectivity index (χ1) is 9.47. The second-order valence-electron chi connectivity index (χ2n) is 5.58. The summed E-state index contributed by atoms with van der Waals surface area (Å²) in [6, 6.07) is 14.4. The van der Waals surface area contributed by atoms with Crippen LogP contribution < -0.4 is 10.5 Å². The molecular formula is C18H23NO. The van der Waals surface area contributed by atoms with Gasteiger partial charge in [-0.25, -0.2) is 0 Å². The number of hydrogen-bond acceptors (Lipinski definition) is 2. The SMILES string of the molecule is Cc1cc(C)cc(OC(c2ccccc2C)C(C)N)c1. The third kappa shape index (κ3) is 3.40. The molecule has 0 radical (unpaired) electrons. The van der Waals surface area contributed by atoms with Crippen molar-refractivity contribution >= 4 is 0 Å². The van der Waals surface area contributed by atoms with Crippen molar-refractivity contribution in [1.82, 2.24) is 0 Å². The van der Waals surface area contributed by atoms with Crippen molar-refractivity contribution in [3.8, 4) is 5.75 Å². The molecule has 0 aliphatic heterocycles. The molecule has 2 N–H and O–H groups in total. The molecule has 0 bridgehead atoms. The van der Waals surface area contributed by atoms with Gasteiger partial charge in [-0.1, -0.05) is 30.3 Å². The molecule has 0 spiro atoms. The Morgan fingerprint density at radius 2 is 1.55 bits per heavy atom. The van der Waals surface area contributed by atoms with Crippen LogP contribution in [0.5, 0.6) is 5.75 Å². The maximum absolute atomic E-state index is 6.18. The predicted molar refractivity (Wildman–Crippen MR) is 84.1 cm³/mol. The molecule has 2 rings (SSSR count). The van der Waals surface area contributed by atoms with E-state index in [2.05, 4.69) is 51.1 Å². The van der Waals surface area contributed by atoms with Crippen LogP contribution in [-0.4, -0.2) is 6.04 Å². The van der Waals surface area contributed by atoms with Crippen molar-refractivity contribution in [3.05, 3.63) is 64.7 Å². The number of aryl methyl sites for hydroxylation is 3. The minimum Gasteiger partial charge on any atom is -0.484 e. The summed E-state index contributed by atoms with van der Waals surface area (Å²) in [4.78, 5) is 0. The Hall–Kier alpha value is -1.80. The summed E-state index contributed by atoms with van der Waals surface area (Å²) in [5.74, 6) is 0.882. The molecule has 2 atom stereocenters. The van der Waals surface area contributed by atoms with Crippen molar-refractivity contribution in [2.24, 2.45) is 5.73 Å². The Morgan fingerprint density at radius 3 is 2.10 bits per heavy atom. The van der Waals surface area contributed by atoms with Crippen LogP contribution in [0.15, 0.2) is 42.5 Å². The van der Waals surface area contributed by atoms with Gasteiger partial charge in [-0.3, -0.25) is 0 Å². The van der Waals surface area contributed by atoms with Crippen LogP contribution in [0.3, 0.4) is 0 Å².